The van der Waals surface area contributed by atoms with Crippen LogP contribution in [0.3, 0.4) is 0 Å². The molecule has 0 spiro atoms. The molecule has 0 amide bonds. The molecular weight excluding hydrogens is 204 g/mol. The molecule has 2 heterocycles. The third-order valence-corrected chi connectivity index (χ3v) is 4.26. The molecule has 3 heteroatoms. The van der Waals surface area contributed by atoms with Gasteiger partial charge in [0.15, 0.2) is 0 Å². The molecular formula is C12H20N2S. The normalized spacial score (nSPS) is 19.5. The summed E-state index contributed by atoms with van der Waals surface area (Å²) >= 11 is 1.84. The fourth-order valence-electron chi connectivity index (χ4n) is 2.24. The highest BCUT2D eigenvalue weighted by Crippen LogP contribution is 2.24. The highest BCUT2D eigenvalue weighted by atomic mass is 32.1. The number of thiophene rings is 1. The van der Waals surface area contributed by atoms with Crippen LogP contribution < -0.4 is 5.73 Å². The Labute approximate surface area is 96.1 Å². The highest BCUT2D eigenvalue weighted by Gasteiger charge is 2.15. The SMILES string of the molecule is NCC(CCN1CCCC1)c1cccs1. The van der Waals surface area contributed by atoms with E-state index in [1.54, 1.807) is 0 Å². The van der Waals surface area contributed by atoms with Crippen molar-refractivity contribution >= 4 is 11.3 Å². The van der Waals surface area contributed by atoms with Crippen molar-refractivity contribution in [1.82, 2.24) is 4.90 Å². The lowest BCUT2D eigenvalue weighted by molar-refractivity contribution is 0.323. The van der Waals surface area contributed by atoms with Gasteiger partial charge in [-0.1, -0.05) is 6.07 Å². The van der Waals surface area contributed by atoms with Gasteiger partial charge in [-0.15, -0.1) is 11.3 Å². The maximum absolute atomic E-state index is 5.84. The van der Waals surface area contributed by atoms with E-state index in [0.29, 0.717) is 5.92 Å². The zero-order valence-electron chi connectivity index (χ0n) is 9.19. The minimum absolute atomic E-state index is 0.575. The number of nitrogens with two attached hydrogens (primary N) is 1. The van der Waals surface area contributed by atoms with Crippen molar-refractivity contribution in [3.63, 3.8) is 0 Å². The van der Waals surface area contributed by atoms with Gasteiger partial charge in [-0.3, -0.25) is 0 Å². The van der Waals surface area contributed by atoms with Crippen LogP contribution in [-0.2, 0) is 0 Å². The molecule has 0 aromatic carbocycles. The molecule has 1 unspecified atom stereocenters. The Morgan fingerprint density at radius 1 is 1.40 bits per heavy atom. The van der Waals surface area contributed by atoms with Crippen molar-refractivity contribution in [2.24, 2.45) is 5.73 Å². The fraction of sp³-hybridized carbons (Fsp3) is 0.667. The van der Waals surface area contributed by atoms with Crippen LogP contribution in [0.25, 0.3) is 0 Å². The van der Waals surface area contributed by atoms with Crippen LogP contribution in [0, 0.1) is 0 Å². The lowest BCUT2D eigenvalue weighted by Crippen LogP contribution is -2.24. The van der Waals surface area contributed by atoms with Crippen LogP contribution in [0.5, 0.6) is 0 Å². The van der Waals surface area contributed by atoms with E-state index in [9.17, 15) is 0 Å². The minimum Gasteiger partial charge on any atom is -0.330 e. The number of hydrogen-bond donors (Lipinski definition) is 1. The van der Waals surface area contributed by atoms with Crippen molar-refractivity contribution in [2.45, 2.75) is 25.2 Å². The second kappa shape index (κ2) is 5.64. The van der Waals surface area contributed by atoms with E-state index in [1.807, 2.05) is 11.3 Å². The van der Waals surface area contributed by atoms with Gasteiger partial charge in [0.2, 0.25) is 0 Å². The molecule has 1 saturated heterocycles. The number of hydrogen-bond acceptors (Lipinski definition) is 3. The quantitative estimate of drug-likeness (QED) is 0.831. The fourth-order valence-corrected chi connectivity index (χ4v) is 3.12. The molecule has 15 heavy (non-hydrogen) atoms. The van der Waals surface area contributed by atoms with Gasteiger partial charge < -0.3 is 10.6 Å². The molecule has 1 fully saturated rings. The third kappa shape index (κ3) is 3.03. The Balaban J connectivity index is 1.80. The largest absolute Gasteiger partial charge is 0.330 e. The molecule has 0 radical (unpaired) electrons. The van der Waals surface area contributed by atoms with Crippen LogP contribution >= 0.6 is 11.3 Å². The van der Waals surface area contributed by atoms with Gasteiger partial charge in [0.1, 0.15) is 0 Å². The summed E-state index contributed by atoms with van der Waals surface area (Å²) in [5.41, 5.74) is 5.84. The molecule has 84 valence electrons. The predicted octanol–water partition coefficient (Wildman–Crippen LogP) is 2.28. The average molecular weight is 224 g/mol. The van der Waals surface area contributed by atoms with E-state index in [0.717, 1.165) is 6.54 Å². The van der Waals surface area contributed by atoms with Gasteiger partial charge in [0.05, 0.1) is 0 Å². The molecule has 1 aliphatic rings. The van der Waals surface area contributed by atoms with E-state index in [-0.39, 0.29) is 0 Å². The van der Waals surface area contributed by atoms with E-state index >= 15 is 0 Å². The van der Waals surface area contributed by atoms with Gasteiger partial charge in [0.25, 0.3) is 0 Å². The molecule has 2 N–H and O–H groups in total. The lowest BCUT2D eigenvalue weighted by atomic mass is 10.0. The first kappa shape index (κ1) is 11.1. The molecule has 2 nitrogen and oxygen atoms in total. The maximum Gasteiger partial charge on any atom is 0.00892 e. The van der Waals surface area contributed by atoms with E-state index in [2.05, 4.69) is 22.4 Å². The lowest BCUT2D eigenvalue weighted by Gasteiger charge is -2.18. The maximum atomic E-state index is 5.84. The third-order valence-electron chi connectivity index (χ3n) is 3.22. The number of likely N-dealkylation sites (tertiary alicyclic amines) is 1. The van der Waals surface area contributed by atoms with E-state index < -0.39 is 0 Å². The number of rotatable bonds is 5. The summed E-state index contributed by atoms with van der Waals surface area (Å²) in [6.07, 6.45) is 3.98. The van der Waals surface area contributed by atoms with Gasteiger partial charge >= 0.3 is 0 Å². The number of nitrogens with zero attached hydrogens (tertiary/aromatic N) is 1. The topological polar surface area (TPSA) is 29.3 Å². The molecule has 2 rings (SSSR count). The summed E-state index contributed by atoms with van der Waals surface area (Å²) in [5, 5.41) is 2.15. The van der Waals surface area contributed by atoms with Crippen molar-refractivity contribution in [1.29, 1.82) is 0 Å². The Morgan fingerprint density at radius 3 is 2.80 bits per heavy atom. The summed E-state index contributed by atoms with van der Waals surface area (Å²) in [6.45, 7) is 4.59. The van der Waals surface area contributed by atoms with Crippen molar-refractivity contribution in [3.8, 4) is 0 Å². The van der Waals surface area contributed by atoms with E-state index in [1.165, 1.54) is 43.8 Å². The average Bonchev–Trinajstić information content (AvgIpc) is 2.90. The zero-order chi connectivity index (χ0) is 10.5. The van der Waals surface area contributed by atoms with Crippen LogP contribution in [0.4, 0.5) is 0 Å². The molecule has 0 saturated carbocycles. The van der Waals surface area contributed by atoms with Gasteiger partial charge in [-0.05, 0) is 50.3 Å². The van der Waals surface area contributed by atoms with E-state index in [4.69, 9.17) is 5.73 Å². The van der Waals surface area contributed by atoms with Crippen LogP contribution in [0.1, 0.15) is 30.1 Å². The summed E-state index contributed by atoms with van der Waals surface area (Å²) in [4.78, 5) is 4.02. The second-order valence-corrected chi connectivity index (χ2v) is 5.26. The predicted molar refractivity (Wildman–Crippen MR) is 66.4 cm³/mol. The Morgan fingerprint density at radius 2 is 2.20 bits per heavy atom. The monoisotopic (exact) mass is 224 g/mol. The van der Waals surface area contributed by atoms with Crippen molar-refractivity contribution in [3.05, 3.63) is 22.4 Å². The highest BCUT2D eigenvalue weighted by molar-refractivity contribution is 7.10. The molecule has 1 atom stereocenters. The van der Waals surface area contributed by atoms with Crippen LogP contribution in [0.2, 0.25) is 0 Å². The van der Waals surface area contributed by atoms with Gasteiger partial charge in [-0.25, -0.2) is 0 Å². The standard InChI is InChI=1S/C12H20N2S/c13-10-11(12-4-3-9-15-12)5-8-14-6-1-2-7-14/h3-4,9,11H,1-2,5-8,10,13H2. The van der Waals surface area contributed by atoms with Crippen LogP contribution in [-0.4, -0.2) is 31.1 Å². The summed E-state index contributed by atoms with van der Waals surface area (Å²) < 4.78 is 0. The summed E-state index contributed by atoms with van der Waals surface area (Å²) in [6, 6.07) is 4.34. The van der Waals surface area contributed by atoms with Crippen molar-refractivity contribution in [2.75, 3.05) is 26.2 Å². The Bertz CT molecular complexity index is 265. The second-order valence-electron chi connectivity index (χ2n) is 4.29. The molecule has 0 aliphatic carbocycles. The zero-order valence-corrected chi connectivity index (χ0v) is 10.0. The Kier molecular flexibility index (Phi) is 4.18. The molecule has 1 aromatic heterocycles. The Hall–Kier alpha value is -0.380. The van der Waals surface area contributed by atoms with Gasteiger partial charge in [0, 0.05) is 17.3 Å². The first-order valence-electron chi connectivity index (χ1n) is 5.86. The van der Waals surface area contributed by atoms with Gasteiger partial charge in [-0.2, -0.15) is 0 Å². The summed E-state index contributed by atoms with van der Waals surface area (Å²) in [5.74, 6) is 0.575. The van der Waals surface area contributed by atoms with Crippen LogP contribution in [0.15, 0.2) is 17.5 Å². The minimum atomic E-state index is 0.575. The molecule has 1 aromatic rings. The smallest absolute Gasteiger partial charge is 0.00892 e. The molecule has 1 aliphatic heterocycles. The van der Waals surface area contributed by atoms with Crippen molar-refractivity contribution < 1.29 is 0 Å². The first-order valence-corrected chi connectivity index (χ1v) is 6.74. The molecule has 0 bridgehead atoms. The summed E-state index contributed by atoms with van der Waals surface area (Å²) in [7, 11) is 0. The first-order chi connectivity index (χ1) is 7.40.